The standard InChI is InChI=1S/C24H30N4O3/c1-23(2)13-17(9-10-29-23)21-14-24(27-22(26)28(3)31-24)19-12-16(7-8-20(19)30-21)15-5-4-6-18(25)11-15/h4-8,11-12,17,21H,9-10,13-14,25H2,1-3H3,(H2,26,27). The van der Waals surface area contributed by atoms with Crippen molar-refractivity contribution in [1.82, 2.24) is 5.06 Å². The third-order valence-corrected chi connectivity index (χ3v) is 6.54. The van der Waals surface area contributed by atoms with Crippen LogP contribution in [0.3, 0.4) is 0 Å². The molecule has 1 saturated heterocycles. The maximum Gasteiger partial charge on any atom is 0.221 e. The highest BCUT2D eigenvalue weighted by atomic mass is 16.7. The Morgan fingerprint density at radius 1 is 1.06 bits per heavy atom. The van der Waals surface area contributed by atoms with Gasteiger partial charge in [-0.25, -0.2) is 14.9 Å². The zero-order chi connectivity index (χ0) is 21.8. The second-order valence-corrected chi connectivity index (χ2v) is 9.40. The van der Waals surface area contributed by atoms with E-state index in [-0.39, 0.29) is 11.7 Å². The van der Waals surface area contributed by atoms with E-state index in [1.165, 1.54) is 0 Å². The second kappa shape index (κ2) is 7.14. The molecule has 3 aliphatic heterocycles. The molecule has 7 heteroatoms. The number of hydroxylamine groups is 2. The molecule has 31 heavy (non-hydrogen) atoms. The Morgan fingerprint density at radius 2 is 1.87 bits per heavy atom. The summed E-state index contributed by atoms with van der Waals surface area (Å²) in [6, 6.07) is 14.0. The molecule has 4 N–H and O–H groups in total. The van der Waals surface area contributed by atoms with E-state index in [4.69, 9.17) is 30.8 Å². The van der Waals surface area contributed by atoms with E-state index in [0.717, 1.165) is 47.6 Å². The van der Waals surface area contributed by atoms with Crippen LogP contribution in [0.25, 0.3) is 11.1 Å². The van der Waals surface area contributed by atoms with Gasteiger partial charge in [0.15, 0.2) is 0 Å². The third kappa shape index (κ3) is 3.62. The molecular weight excluding hydrogens is 392 g/mol. The highest BCUT2D eigenvalue weighted by Gasteiger charge is 2.51. The van der Waals surface area contributed by atoms with Crippen LogP contribution >= 0.6 is 0 Å². The Hall–Kier alpha value is -2.77. The average molecular weight is 423 g/mol. The summed E-state index contributed by atoms with van der Waals surface area (Å²) >= 11 is 0. The van der Waals surface area contributed by atoms with Gasteiger partial charge in [0.2, 0.25) is 11.7 Å². The molecule has 0 radical (unpaired) electrons. The molecule has 164 valence electrons. The van der Waals surface area contributed by atoms with E-state index in [1.807, 2.05) is 30.3 Å². The molecular formula is C24H30N4O3. The van der Waals surface area contributed by atoms with Crippen LogP contribution in [0, 0.1) is 5.92 Å². The fourth-order valence-corrected chi connectivity index (χ4v) is 5.02. The number of anilines is 1. The number of nitrogens with two attached hydrogens (primary N) is 2. The van der Waals surface area contributed by atoms with E-state index in [0.29, 0.717) is 18.3 Å². The lowest BCUT2D eigenvalue weighted by molar-refractivity contribution is -0.198. The van der Waals surface area contributed by atoms with Gasteiger partial charge >= 0.3 is 0 Å². The Balaban J connectivity index is 1.56. The van der Waals surface area contributed by atoms with Crippen LogP contribution in [0.4, 0.5) is 5.69 Å². The average Bonchev–Trinajstić information content (AvgIpc) is 3.00. The molecule has 2 aromatic rings. The topological polar surface area (TPSA) is 95.3 Å². The van der Waals surface area contributed by atoms with Crippen molar-refractivity contribution < 1.29 is 14.3 Å². The summed E-state index contributed by atoms with van der Waals surface area (Å²) in [6.07, 6.45) is 2.46. The van der Waals surface area contributed by atoms with Crippen molar-refractivity contribution in [2.24, 2.45) is 16.6 Å². The number of benzene rings is 2. The van der Waals surface area contributed by atoms with Crippen LogP contribution in [-0.4, -0.2) is 36.4 Å². The number of nitrogen functional groups attached to an aromatic ring is 1. The summed E-state index contributed by atoms with van der Waals surface area (Å²) in [4.78, 5) is 11.1. The van der Waals surface area contributed by atoms with Crippen molar-refractivity contribution in [2.45, 2.75) is 50.5 Å². The minimum atomic E-state index is -0.893. The fourth-order valence-electron chi connectivity index (χ4n) is 5.02. The highest BCUT2D eigenvalue weighted by Crippen LogP contribution is 2.49. The van der Waals surface area contributed by atoms with Crippen LogP contribution in [0.15, 0.2) is 47.5 Å². The molecule has 2 aromatic carbocycles. The molecule has 0 aliphatic carbocycles. The molecule has 3 atom stereocenters. The van der Waals surface area contributed by atoms with Gasteiger partial charge in [-0.2, -0.15) is 0 Å². The molecule has 3 aliphatic rings. The van der Waals surface area contributed by atoms with Gasteiger partial charge < -0.3 is 20.9 Å². The molecule has 5 rings (SSSR count). The van der Waals surface area contributed by atoms with Crippen LogP contribution < -0.4 is 16.2 Å². The van der Waals surface area contributed by atoms with Crippen LogP contribution in [0.1, 0.15) is 38.7 Å². The summed E-state index contributed by atoms with van der Waals surface area (Å²) in [5.41, 5.74) is 14.8. The van der Waals surface area contributed by atoms with Crippen molar-refractivity contribution in [2.75, 3.05) is 19.4 Å². The van der Waals surface area contributed by atoms with E-state index in [2.05, 4.69) is 26.0 Å². The third-order valence-electron chi connectivity index (χ3n) is 6.54. The van der Waals surface area contributed by atoms with Crippen LogP contribution in [0.5, 0.6) is 5.75 Å². The van der Waals surface area contributed by atoms with Crippen molar-refractivity contribution in [1.29, 1.82) is 0 Å². The van der Waals surface area contributed by atoms with Crippen molar-refractivity contribution >= 4 is 11.6 Å². The van der Waals surface area contributed by atoms with Crippen LogP contribution in [0.2, 0.25) is 0 Å². The van der Waals surface area contributed by atoms with Gasteiger partial charge in [-0.3, -0.25) is 0 Å². The summed E-state index contributed by atoms with van der Waals surface area (Å²) in [7, 11) is 1.79. The first kappa shape index (κ1) is 20.2. The molecule has 0 saturated carbocycles. The first-order valence-electron chi connectivity index (χ1n) is 10.8. The predicted molar refractivity (Wildman–Crippen MR) is 120 cm³/mol. The Bertz CT molecular complexity index is 1040. The number of nitrogens with zero attached hydrogens (tertiary/aromatic N) is 2. The molecule has 0 amide bonds. The zero-order valence-corrected chi connectivity index (χ0v) is 18.3. The summed E-state index contributed by atoms with van der Waals surface area (Å²) in [5.74, 6) is 1.52. The lowest BCUT2D eigenvalue weighted by atomic mass is 9.79. The van der Waals surface area contributed by atoms with Crippen molar-refractivity contribution in [3.05, 3.63) is 48.0 Å². The van der Waals surface area contributed by atoms with Gasteiger partial charge in [0.05, 0.1) is 11.2 Å². The fraction of sp³-hybridized carbons (Fsp3) is 0.458. The SMILES string of the molecule is CN1OC2(CC(C3CCOC(C)(C)C3)Oc3ccc(-c4cccc(N)c4)cc32)N=C1N. The second-order valence-electron chi connectivity index (χ2n) is 9.40. The molecule has 7 nitrogen and oxygen atoms in total. The number of rotatable bonds is 2. The smallest absolute Gasteiger partial charge is 0.221 e. The number of aliphatic imine (C=N–C) groups is 1. The number of ether oxygens (including phenoxy) is 2. The quantitative estimate of drug-likeness (QED) is 0.718. The number of hydrogen-bond acceptors (Lipinski definition) is 7. The Morgan fingerprint density at radius 3 is 2.58 bits per heavy atom. The predicted octanol–water partition coefficient (Wildman–Crippen LogP) is 3.64. The zero-order valence-electron chi connectivity index (χ0n) is 18.3. The molecule has 1 spiro atoms. The van der Waals surface area contributed by atoms with Gasteiger partial charge in [-0.05, 0) is 62.1 Å². The van der Waals surface area contributed by atoms with Gasteiger partial charge in [0.25, 0.3) is 0 Å². The summed E-state index contributed by atoms with van der Waals surface area (Å²) in [6.45, 7) is 5.01. The monoisotopic (exact) mass is 422 g/mol. The van der Waals surface area contributed by atoms with E-state index < -0.39 is 5.72 Å². The normalized spacial score (nSPS) is 29.4. The minimum absolute atomic E-state index is 0.0306. The van der Waals surface area contributed by atoms with Crippen molar-refractivity contribution in [3.8, 4) is 16.9 Å². The lowest BCUT2D eigenvalue weighted by Crippen LogP contribution is -2.46. The maximum absolute atomic E-state index is 6.55. The molecule has 3 heterocycles. The van der Waals surface area contributed by atoms with Crippen LogP contribution in [-0.2, 0) is 15.3 Å². The lowest BCUT2D eigenvalue weighted by Gasteiger charge is -2.44. The minimum Gasteiger partial charge on any atom is -0.489 e. The van der Waals surface area contributed by atoms with Gasteiger partial charge in [-0.1, -0.05) is 18.2 Å². The molecule has 0 aromatic heterocycles. The number of fused-ring (bicyclic) bond motifs is 2. The van der Waals surface area contributed by atoms with Gasteiger partial charge in [0.1, 0.15) is 11.9 Å². The van der Waals surface area contributed by atoms with E-state index in [9.17, 15) is 0 Å². The van der Waals surface area contributed by atoms with E-state index >= 15 is 0 Å². The highest BCUT2D eigenvalue weighted by molar-refractivity contribution is 5.79. The first-order valence-corrected chi connectivity index (χ1v) is 10.8. The molecule has 0 bridgehead atoms. The molecule has 3 unspecified atom stereocenters. The summed E-state index contributed by atoms with van der Waals surface area (Å²) in [5, 5.41) is 1.55. The van der Waals surface area contributed by atoms with E-state index in [1.54, 1.807) is 12.1 Å². The first-order chi connectivity index (χ1) is 14.7. The Kier molecular flexibility index (Phi) is 4.64. The summed E-state index contributed by atoms with van der Waals surface area (Å²) < 4.78 is 12.5. The molecule has 1 fully saturated rings. The number of hydrogen-bond donors (Lipinski definition) is 2. The van der Waals surface area contributed by atoms with Gasteiger partial charge in [0, 0.05) is 31.7 Å². The maximum atomic E-state index is 6.55. The Labute approximate surface area is 182 Å². The van der Waals surface area contributed by atoms with Gasteiger partial charge in [-0.15, -0.1) is 0 Å². The largest absolute Gasteiger partial charge is 0.489 e. The number of guanidine groups is 1. The van der Waals surface area contributed by atoms with Crippen molar-refractivity contribution in [3.63, 3.8) is 0 Å².